The molecule has 3 aliphatic rings. The molecule has 3 fully saturated rings. The van der Waals surface area contributed by atoms with E-state index in [1.165, 1.54) is 0 Å². The number of rotatable bonds is 19. The fourth-order valence-corrected chi connectivity index (χ4v) is 11.1. The van der Waals surface area contributed by atoms with Gasteiger partial charge in [0.05, 0.1) is 0 Å². The van der Waals surface area contributed by atoms with Crippen LogP contribution >= 0.6 is 0 Å². The first-order chi connectivity index (χ1) is 32.2. The van der Waals surface area contributed by atoms with Gasteiger partial charge in [-0.3, -0.25) is 0 Å². The number of fused-ring (bicyclic) bond motifs is 1. The van der Waals surface area contributed by atoms with Crippen LogP contribution in [0.15, 0.2) is 182 Å². The summed E-state index contributed by atoms with van der Waals surface area (Å²) < 4.78 is 69.3. The zero-order chi connectivity index (χ0) is 44.0. The Morgan fingerprint density at radius 2 is 0.985 bits per heavy atom. The summed E-state index contributed by atoms with van der Waals surface area (Å²) in [6.07, 6.45) is -6.48. The van der Waals surface area contributed by atoms with Gasteiger partial charge in [-0.15, -0.1) is 0 Å². The van der Waals surface area contributed by atoms with Crippen LogP contribution < -0.4 is 4.46 Å². The number of hydrogen-bond acceptors (Lipinski definition) is 10. The molecule has 65 heavy (non-hydrogen) atoms. The third kappa shape index (κ3) is 12.1. The van der Waals surface area contributed by atoms with Crippen LogP contribution in [0.4, 0.5) is 0 Å². The second-order valence-electron chi connectivity index (χ2n) is 16.3. The van der Waals surface area contributed by atoms with Crippen LogP contribution in [0.5, 0.6) is 0 Å². The maximum atomic E-state index is 7.41. The normalized spacial score (nSPS) is 27.7. The first kappa shape index (κ1) is 45.6. The Bertz CT molecular complexity index is 2260. The zero-order valence-corrected chi connectivity index (χ0v) is 38.1. The van der Waals surface area contributed by atoms with Crippen molar-refractivity contribution in [3.63, 3.8) is 0 Å². The van der Waals surface area contributed by atoms with E-state index in [0.717, 1.165) is 32.3 Å². The van der Waals surface area contributed by atoms with Crippen LogP contribution in [0.2, 0.25) is 4.82 Å². The third-order valence-electron chi connectivity index (χ3n) is 11.7. The van der Waals surface area contributed by atoms with Crippen molar-refractivity contribution in [2.24, 2.45) is 0 Å². The van der Waals surface area contributed by atoms with Crippen molar-refractivity contribution in [2.75, 3.05) is 20.3 Å². The molecule has 0 aromatic heterocycles. The summed E-state index contributed by atoms with van der Waals surface area (Å²) in [6, 6.07) is 61.0. The third-order valence-corrected chi connectivity index (χ3v) is 14.5. The van der Waals surface area contributed by atoms with Gasteiger partial charge < -0.3 is 0 Å². The molecule has 11 heteroatoms. The van der Waals surface area contributed by atoms with Crippen LogP contribution in [-0.2, 0) is 73.8 Å². The van der Waals surface area contributed by atoms with Crippen LogP contribution in [0.3, 0.4) is 0 Å². The van der Waals surface area contributed by atoms with Gasteiger partial charge in [-0.1, -0.05) is 0 Å². The number of methoxy groups -OCH3 is 1. The van der Waals surface area contributed by atoms with Gasteiger partial charge in [0.2, 0.25) is 0 Å². The molecule has 3 saturated heterocycles. The molecule has 0 saturated carbocycles. The predicted molar refractivity (Wildman–Crippen MR) is 246 cm³/mol. The van der Waals surface area contributed by atoms with E-state index in [9.17, 15) is 0 Å². The standard InChI is InChI=1S/C54H56O10Se/c1-55-53-50(48(58-34-40-24-12-4-13-25-40)47-45(61-53)37-60-52(63-47)42-28-16-6-17-29-42)64-54-51(65-43-30-18-7-19-31-43)49(59-35-41-26-14-5-15-27-41)46(57-33-39-22-10-3-11-23-39)44(62-54)36-56-32-38-20-8-2-9-21-38/h2-31,44-54H,32-37H2,1H3/t44-,45-,46+,47-,48+,49-,50-,51-,52-,53+,54+/m1/s1. The molecular formula is C54H56O10Se. The molecule has 0 amide bonds. The molecule has 338 valence electrons. The summed E-state index contributed by atoms with van der Waals surface area (Å²) in [4.78, 5) is -0.322. The number of benzene rings is 6. The molecule has 0 aliphatic carbocycles. The van der Waals surface area contributed by atoms with Gasteiger partial charge in [-0.2, -0.15) is 0 Å². The Morgan fingerprint density at radius 3 is 1.54 bits per heavy atom. The second kappa shape index (κ2) is 23.3. The van der Waals surface area contributed by atoms with E-state index >= 15 is 0 Å². The van der Waals surface area contributed by atoms with Gasteiger partial charge >= 0.3 is 390 Å². The Kier molecular flexibility index (Phi) is 16.3. The monoisotopic (exact) mass is 944 g/mol. The minimum atomic E-state index is -0.852. The molecule has 3 aliphatic heterocycles. The summed E-state index contributed by atoms with van der Waals surface area (Å²) in [5.41, 5.74) is 5.06. The summed E-state index contributed by atoms with van der Waals surface area (Å²) in [5.74, 6) is 0. The van der Waals surface area contributed by atoms with Crippen molar-refractivity contribution in [1.29, 1.82) is 0 Å². The minimum absolute atomic E-state index is 0.219. The molecule has 0 spiro atoms. The maximum absolute atomic E-state index is 7.41. The molecular weight excluding hydrogens is 888 g/mol. The topological polar surface area (TPSA) is 92.3 Å². The molecule has 6 aromatic rings. The quantitative estimate of drug-likeness (QED) is 0.0739. The Balaban J connectivity index is 1.08. The van der Waals surface area contributed by atoms with Gasteiger partial charge in [0.1, 0.15) is 0 Å². The number of ether oxygens (including phenoxy) is 10. The summed E-state index contributed by atoms with van der Waals surface area (Å²) in [7, 11) is 1.62. The van der Waals surface area contributed by atoms with Gasteiger partial charge in [0.25, 0.3) is 0 Å². The van der Waals surface area contributed by atoms with Crippen molar-refractivity contribution in [3.05, 3.63) is 210 Å². The van der Waals surface area contributed by atoms with E-state index in [-0.39, 0.29) is 33.0 Å². The molecule has 0 bridgehead atoms. The van der Waals surface area contributed by atoms with E-state index in [0.29, 0.717) is 26.4 Å². The van der Waals surface area contributed by atoms with E-state index in [2.05, 4.69) is 60.7 Å². The van der Waals surface area contributed by atoms with Crippen molar-refractivity contribution in [1.82, 2.24) is 0 Å². The van der Waals surface area contributed by atoms with E-state index < -0.39 is 61.6 Å². The molecule has 0 unspecified atom stereocenters. The average molecular weight is 944 g/mol. The van der Waals surface area contributed by atoms with Crippen LogP contribution in [0.1, 0.15) is 34.1 Å². The Hall–Kier alpha value is -4.56. The molecule has 11 atom stereocenters. The molecule has 10 nitrogen and oxygen atoms in total. The van der Waals surface area contributed by atoms with Crippen molar-refractivity contribution >= 4 is 19.4 Å². The summed E-state index contributed by atoms with van der Waals surface area (Å²) in [5, 5.41) is 0. The fraction of sp³-hybridized carbons (Fsp3) is 0.333. The van der Waals surface area contributed by atoms with E-state index in [1.54, 1.807) is 7.11 Å². The van der Waals surface area contributed by atoms with Crippen LogP contribution in [-0.4, -0.2) is 90.6 Å². The molecule has 0 radical (unpaired) electrons. The Labute approximate surface area is 388 Å². The van der Waals surface area contributed by atoms with E-state index in [1.807, 2.05) is 121 Å². The first-order valence-electron chi connectivity index (χ1n) is 22.3. The Morgan fingerprint density at radius 1 is 0.492 bits per heavy atom. The number of hydrogen-bond donors (Lipinski definition) is 0. The van der Waals surface area contributed by atoms with Gasteiger partial charge in [-0.25, -0.2) is 0 Å². The van der Waals surface area contributed by atoms with Gasteiger partial charge in [0, 0.05) is 0 Å². The zero-order valence-electron chi connectivity index (χ0n) is 36.4. The second-order valence-corrected chi connectivity index (χ2v) is 18.9. The van der Waals surface area contributed by atoms with Crippen molar-refractivity contribution < 1.29 is 47.4 Å². The van der Waals surface area contributed by atoms with Gasteiger partial charge in [0.15, 0.2) is 0 Å². The average Bonchev–Trinajstić information content (AvgIpc) is 3.37. The molecule has 3 heterocycles. The SMILES string of the molecule is CO[C@H]1O[C@@H]2CO[C@@H](c3ccccc3)O[C@H]2[C@H](OCc2ccccc2)[C@H]1O[C@@H]1O[C@H](COCc2ccccc2)[C@H](OCc2ccccc2)[C@@H](OCc2ccccc2)[C@H]1[Se]c1ccccc1. The predicted octanol–water partition coefficient (Wildman–Crippen LogP) is 8.37. The molecule has 9 rings (SSSR count). The first-order valence-corrected chi connectivity index (χ1v) is 24.1. The molecule has 0 N–H and O–H groups in total. The summed E-state index contributed by atoms with van der Waals surface area (Å²) in [6.45, 7) is 1.91. The summed E-state index contributed by atoms with van der Waals surface area (Å²) >= 11 is -0.244. The molecule has 6 aromatic carbocycles. The fourth-order valence-electron chi connectivity index (χ4n) is 8.47. The van der Waals surface area contributed by atoms with E-state index in [4.69, 9.17) is 47.4 Å². The van der Waals surface area contributed by atoms with Crippen molar-refractivity contribution in [2.45, 2.75) is 92.8 Å². The van der Waals surface area contributed by atoms with Gasteiger partial charge in [-0.05, 0) is 0 Å². The van der Waals surface area contributed by atoms with Crippen LogP contribution in [0.25, 0.3) is 0 Å². The van der Waals surface area contributed by atoms with Crippen molar-refractivity contribution in [3.8, 4) is 0 Å². The van der Waals surface area contributed by atoms with Crippen LogP contribution in [0, 0.1) is 0 Å².